The van der Waals surface area contributed by atoms with Gasteiger partial charge in [-0.05, 0) is 50.5 Å². The van der Waals surface area contributed by atoms with E-state index in [1.807, 2.05) is 26.0 Å². The van der Waals surface area contributed by atoms with E-state index in [1.165, 1.54) is 0 Å². The molecule has 2 aromatic carbocycles. The lowest BCUT2D eigenvalue weighted by atomic mass is 9.69. The number of carboxylic acid groups (broad SMARTS) is 1. The second-order valence-electron chi connectivity index (χ2n) is 8.68. The van der Waals surface area contributed by atoms with E-state index in [9.17, 15) is 14.7 Å². The highest BCUT2D eigenvalue weighted by Gasteiger charge is 2.37. The van der Waals surface area contributed by atoms with Crippen LogP contribution in [0.25, 0.3) is 10.9 Å². The molecule has 0 amide bonds. The third kappa shape index (κ3) is 3.26. The molecule has 1 fully saturated rings. The first-order valence-corrected chi connectivity index (χ1v) is 10.3. The van der Waals surface area contributed by atoms with Crippen LogP contribution in [0.15, 0.2) is 41.2 Å². The summed E-state index contributed by atoms with van der Waals surface area (Å²) in [6, 6.07) is 10.5. The number of rotatable bonds is 5. The Hall–Kier alpha value is -3.15. The molecule has 6 heteroatoms. The van der Waals surface area contributed by atoms with E-state index in [-0.39, 0.29) is 22.6 Å². The van der Waals surface area contributed by atoms with Crippen LogP contribution in [0.3, 0.4) is 0 Å². The van der Waals surface area contributed by atoms with Gasteiger partial charge in [-0.25, -0.2) is 9.78 Å². The van der Waals surface area contributed by atoms with Gasteiger partial charge in [0.25, 0.3) is 5.56 Å². The number of fused-ring (bicyclic) bond motifs is 1. The zero-order chi connectivity index (χ0) is 21.6. The fourth-order valence-corrected chi connectivity index (χ4v) is 4.46. The molecule has 30 heavy (non-hydrogen) atoms. The molecule has 1 aromatic heterocycles. The Morgan fingerprint density at radius 2 is 1.97 bits per heavy atom. The quantitative estimate of drug-likeness (QED) is 0.650. The highest BCUT2D eigenvalue weighted by atomic mass is 16.4. The number of carbonyl (C=O) groups is 1. The van der Waals surface area contributed by atoms with Crippen molar-refractivity contribution in [1.29, 1.82) is 0 Å². The van der Waals surface area contributed by atoms with E-state index in [1.54, 1.807) is 35.9 Å². The maximum atomic E-state index is 13.2. The lowest BCUT2D eigenvalue weighted by Gasteiger charge is -2.38. The van der Waals surface area contributed by atoms with Gasteiger partial charge in [-0.3, -0.25) is 9.36 Å². The number of aromatic nitrogens is 2. The molecule has 6 nitrogen and oxygen atoms in total. The molecule has 1 atom stereocenters. The molecule has 0 unspecified atom stereocenters. The molecule has 0 bridgehead atoms. The van der Waals surface area contributed by atoms with Crippen molar-refractivity contribution in [2.24, 2.45) is 7.05 Å². The largest absolute Gasteiger partial charge is 0.478 e. The number of aromatic carboxylic acids is 1. The summed E-state index contributed by atoms with van der Waals surface area (Å²) in [6.45, 7) is 6.10. The molecule has 1 heterocycles. The topological polar surface area (TPSA) is 84.2 Å². The van der Waals surface area contributed by atoms with Gasteiger partial charge in [-0.15, -0.1) is 0 Å². The fraction of sp³-hybridized carbons (Fsp3) is 0.375. The summed E-state index contributed by atoms with van der Waals surface area (Å²) in [4.78, 5) is 29.8. The predicted molar refractivity (Wildman–Crippen MR) is 118 cm³/mol. The van der Waals surface area contributed by atoms with Gasteiger partial charge in [-0.2, -0.15) is 0 Å². The monoisotopic (exact) mass is 405 g/mol. The number of anilines is 1. The van der Waals surface area contributed by atoms with Crippen molar-refractivity contribution in [3.05, 3.63) is 69.3 Å². The zero-order valence-electron chi connectivity index (χ0n) is 17.8. The Morgan fingerprint density at radius 3 is 2.60 bits per heavy atom. The number of hydrogen-bond donors (Lipinski definition) is 2. The molecule has 2 N–H and O–H groups in total. The second kappa shape index (κ2) is 7.27. The molecule has 1 aliphatic rings. The molecule has 3 aromatic rings. The van der Waals surface area contributed by atoms with E-state index < -0.39 is 5.97 Å². The minimum atomic E-state index is -0.980. The normalized spacial score (nSPS) is 16.1. The van der Waals surface area contributed by atoms with Gasteiger partial charge in [0.05, 0.1) is 22.5 Å². The minimum Gasteiger partial charge on any atom is -0.478 e. The third-order valence-corrected chi connectivity index (χ3v) is 6.35. The summed E-state index contributed by atoms with van der Waals surface area (Å²) in [6.07, 6.45) is 3.20. The summed E-state index contributed by atoms with van der Waals surface area (Å²) in [5, 5.41) is 13.4. The summed E-state index contributed by atoms with van der Waals surface area (Å²) in [5.74, 6) is -0.152. The molecule has 156 valence electrons. The molecule has 1 saturated carbocycles. The van der Waals surface area contributed by atoms with Crippen molar-refractivity contribution in [2.75, 3.05) is 5.32 Å². The van der Waals surface area contributed by atoms with Crippen molar-refractivity contribution in [2.45, 2.75) is 51.5 Å². The van der Waals surface area contributed by atoms with Crippen LogP contribution in [-0.4, -0.2) is 20.6 Å². The molecule has 0 spiro atoms. The van der Waals surface area contributed by atoms with Crippen molar-refractivity contribution in [3.8, 4) is 0 Å². The van der Waals surface area contributed by atoms with Gasteiger partial charge >= 0.3 is 5.97 Å². The summed E-state index contributed by atoms with van der Waals surface area (Å²) in [7, 11) is 1.81. The SMILES string of the molecule is Cc1cc([C@@H](C)Nc2ccccc2C(=O)O)c2nc(C3(C)CCC3)n(C)c(=O)c2c1. The van der Waals surface area contributed by atoms with Crippen LogP contribution < -0.4 is 10.9 Å². The Kier molecular flexibility index (Phi) is 4.88. The van der Waals surface area contributed by atoms with Crippen LogP contribution in [0.2, 0.25) is 0 Å². The number of nitrogens with zero attached hydrogens (tertiary/aromatic N) is 2. The van der Waals surface area contributed by atoms with Gasteiger partial charge in [0.15, 0.2) is 0 Å². The maximum absolute atomic E-state index is 13.2. The van der Waals surface area contributed by atoms with Gasteiger partial charge in [-0.1, -0.05) is 31.5 Å². The first kappa shape index (κ1) is 20.1. The molecule has 4 rings (SSSR count). The maximum Gasteiger partial charge on any atom is 0.337 e. The van der Waals surface area contributed by atoms with E-state index in [0.717, 1.165) is 36.2 Å². The number of aryl methyl sites for hydroxylation is 1. The lowest BCUT2D eigenvalue weighted by molar-refractivity contribution is 0.0698. The Balaban J connectivity index is 1.86. The molecule has 0 aliphatic heterocycles. The van der Waals surface area contributed by atoms with Crippen LogP contribution in [-0.2, 0) is 12.5 Å². The van der Waals surface area contributed by atoms with Gasteiger partial charge in [0, 0.05) is 23.7 Å². The van der Waals surface area contributed by atoms with E-state index in [0.29, 0.717) is 16.6 Å². The Bertz CT molecular complexity index is 1210. The second-order valence-corrected chi connectivity index (χ2v) is 8.68. The number of para-hydroxylation sites is 1. The minimum absolute atomic E-state index is 0.0359. The van der Waals surface area contributed by atoms with Crippen LogP contribution in [0.1, 0.15) is 66.5 Å². The standard InChI is InChI=1S/C24H27N3O3/c1-14-12-17(15(2)25-19-9-6-5-8-16(19)22(29)30)20-18(13-14)21(28)27(4)23(26-20)24(3)10-7-11-24/h5-6,8-9,12-13,15,25H,7,10-11H2,1-4H3,(H,29,30)/t15-/m1/s1. The van der Waals surface area contributed by atoms with Gasteiger partial charge < -0.3 is 10.4 Å². The van der Waals surface area contributed by atoms with Gasteiger partial charge in [0.2, 0.25) is 0 Å². The summed E-state index contributed by atoms with van der Waals surface area (Å²) in [5.41, 5.74) is 3.21. The fourth-order valence-electron chi connectivity index (χ4n) is 4.46. The molecular weight excluding hydrogens is 378 g/mol. The first-order chi connectivity index (χ1) is 14.2. The average molecular weight is 405 g/mol. The molecule has 1 aliphatic carbocycles. The Labute approximate surface area is 175 Å². The lowest BCUT2D eigenvalue weighted by Crippen LogP contribution is -2.38. The van der Waals surface area contributed by atoms with Crippen molar-refractivity contribution in [3.63, 3.8) is 0 Å². The molecule has 0 saturated heterocycles. The summed E-state index contributed by atoms with van der Waals surface area (Å²) < 4.78 is 1.70. The number of hydrogen-bond acceptors (Lipinski definition) is 4. The van der Waals surface area contributed by atoms with Crippen LogP contribution in [0.4, 0.5) is 5.69 Å². The predicted octanol–water partition coefficient (Wildman–Crippen LogP) is 4.55. The van der Waals surface area contributed by atoms with Crippen LogP contribution in [0.5, 0.6) is 0 Å². The molecular formula is C24H27N3O3. The highest BCUT2D eigenvalue weighted by Crippen LogP contribution is 2.42. The van der Waals surface area contributed by atoms with E-state index in [2.05, 4.69) is 12.2 Å². The van der Waals surface area contributed by atoms with Crippen molar-refractivity contribution < 1.29 is 9.90 Å². The summed E-state index contributed by atoms with van der Waals surface area (Å²) >= 11 is 0. The smallest absolute Gasteiger partial charge is 0.337 e. The zero-order valence-corrected chi connectivity index (χ0v) is 17.8. The van der Waals surface area contributed by atoms with Crippen molar-refractivity contribution in [1.82, 2.24) is 9.55 Å². The first-order valence-electron chi connectivity index (χ1n) is 10.3. The van der Waals surface area contributed by atoms with Crippen LogP contribution >= 0.6 is 0 Å². The number of carboxylic acids is 1. The molecule has 0 radical (unpaired) electrons. The van der Waals surface area contributed by atoms with E-state index >= 15 is 0 Å². The van der Waals surface area contributed by atoms with Gasteiger partial charge in [0.1, 0.15) is 5.82 Å². The van der Waals surface area contributed by atoms with Crippen molar-refractivity contribution >= 4 is 22.6 Å². The average Bonchev–Trinajstić information content (AvgIpc) is 2.69. The number of nitrogens with one attached hydrogen (secondary N) is 1. The highest BCUT2D eigenvalue weighted by molar-refractivity contribution is 5.94. The number of benzene rings is 2. The third-order valence-electron chi connectivity index (χ3n) is 6.35. The van der Waals surface area contributed by atoms with E-state index in [4.69, 9.17) is 4.98 Å². The van der Waals surface area contributed by atoms with Crippen LogP contribution in [0, 0.1) is 6.92 Å². The Morgan fingerprint density at radius 1 is 1.27 bits per heavy atom.